The molecule has 0 bridgehead atoms. The predicted octanol–water partition coefficient (Wildman–Crippen LogP) is 4.15. The minimum atomic E-state index is 0.0831. The van der Waals surface area contributed by atoms with E-state index in [0.29, 0.717) is 24.7 Å². The molecule has 3 unspecified atom stereocenters. The Morgan fingerprint density at radius 1 is 1.12 bits per heavy atom. The molecule has 1 amide bonds. The first-order valence-corrected chi connectivity index (χ1v) is 9.17. The molecular formula is C22H27NO3. The average molecular weight is 353 g/mol. The fraction of sp³-hybridized carbons (Fsp3) is 0.409. The molecule has 0 aromatic heterocycles. The molecule has 1 saturated carbocycles. The van der Waals surface area contributed by atoms with Gasteiger partial charge in [-0.2, -0.15) is 0 Å². The molecule has 3 rings (SSSR count). The van der Waals surface area contributed by atoms with Crippen molar-refractivity contribution >= 4 is 5.91 Å². The summed E-state index contributed by atoms with van der Waals surface area (Å²) >= 11 is 0. The van der Waals surface area contributed by atoms with Crippen molar-refractivity contribution < 1.29 is 14.3 Å². The van der Waals surface area contributed by atoms with Gasteiger partial charge < -0.3 is 14.8 Å². The molecule has 138 valence electrons. The number of nitrogens with one attached hydrogen (secondary N) is 1. The van der Waals surface area contributed by atoms with Crippen LogP contribution in [0.3, 0.4) is 0 Å². The number of rotatable bonds is 8. The van der Waals surface area contributed by atoms with Gasteiger partial charge in [-0.25, -0.2) is 0 Å². The van der Waals surface area contributed by atoms with E-state index in [1.165, 1.54) is 12.0 Å². The molecule has 2 aromatic carbocycles. The maximum Gasteiger partial charge on any atom is 0.220 e. The zero-order chi connectivity index (χ0) is 18.5. The number of ether oxygens (including phenoxy) is 2. The zero-order valence-corrected chi connectivity index (χ0v) is 15.7. The van der Waals surface area contributed by atoms with Gasteiger partial charge in [-0.05, 0) is 47.9 Å². The van der Waals surface area contributed by atoms with E-state index in [2.05, 4.69) is 24.4 Å². The summed E-state index contributed by atoms with van der Waals surface area (Å²) in [5, 5.41) is 3.25. The topological polar surface area (TPSA) is 47.6 Å². The molecule has 0 saturated heterocycles. The van der Waals surface area contributed by atoms with Crippen molar-refractivity contribution in [3.8, 4) is 11.5 Å². The molecule has 1 fully saturated rings. The van der Waals surface area contributed by atoms with Gasteiger partial charge in [0.2, 0.25) is 5.91 Å². The van der Waals surface area contributed by atoms with Crippen LogP contribution in [0.2, 0.25) is 0 Å². The van der Waals surface area contributed by atoms with Gasteiger partial charge in [0, 0.05) is 12.5 Å². The number of methoxy groups -OCH3 is 2. The molecule has 4 heteroatoms. The van der Waals surface area contributed by atoms with E-state index in [4.69, 9.17) is 9.47 Å². The van der Waals surface area contributed by atoms with E-state index >= 15 is 0 Å². The number of aryl methyl sites for hydroxylation is 1. The summed E-state index contributed by atoms with van der Waals surface area (Å²) in [5.41, 5.74) is 2.23. The Balaban J connectivity index is 1.62. The Kier molecular flexibility index (Phi) is 5.82. The predicted molar refractivity (Wildman–Crippen MR) is 102 cm³/mol. The van der Waals surface area contributed by atoms with Crippen LogP contribution in [0.5, 0.6) is 11.5 Å². The summed E-state index contributed by atoms with van der Waals surface area (Å²) in [6, 6.07) is 16.1. The smallest absolute Gasteiger partial charge is 0.220 e. The molecule has 0 spiro atoms. The summed E-state index contributed by atoms with van der Waals surface area (Å²) in [4.78, 5) is 12.6. The van der Waals surface area contributed by atoms with Gasteiger partial charge in [-0.3, -0.25) is 4.79 Å². The third-order valence-electron chi connectivity index (χ3n) is 5.13. The second kappa shape index (κ2) is 8.26. The van der Waals surface area contributed by atoms with E-state index in [1.807, 2.05) is 36.4 Å². The van der Waals surface area contributed by atoms with E-state index in [1.54, 1.807) is 14.2 Å². The van der Waals surface area contributed by atoms with Crippen molar-refractivity contribution in [1.82, 2.24) is 5.32 Å². The largest absolute Gasteiger partial charge is 0.497 e. The quantitative estimate of drug-likeness (QED) is 0.775. The van der Waals surface area contributed by atoms with Crippen LogP contribution in [0.25, 0.3) is 0 Å². The van der Waals surface area contributed by atoms with Crippen molar-refractivity contribution in [3.05, 3.63) is 59.7 Å². The van der Waals surface area contributed by atoms with Crippen molar-refractivity contribution in [2.75, 3.05) is 14.2 Å². The van der Waals surface area contributed by atoms with Crippen molar-refractivity contribution in [2.24, 2.45) is 11.8 Å². The minimum Gasteiger partial charge on any atom is -0.497 e. The third-order valence-corrected chi connectivity index (χ3v) is 5.13. The van der Waals surface area contributed by atoms with E-state index in [9.17, 15) is 4.79 Å². The van der Waals surface area contributed by atoms with Crippen LogP contribution in [0.15, 0.2) is 48.5 Å². The van der Waals surface area contributed by atoms with Crippen LogP contribution >= 0.6 is 0 Å². The Morgan fingerprint density at radius 3 is 2.27 bits per heavy atom. The van der Waals surface area contributed by atoms with Crippen LogP contribution in [0.1, 0.15) is 36.9 Å². The highest BCUT2D eigenvalue weighted by molar-refractivity contribution is 5.77. The average Bonchev–Trinajstić information content (AvgIpc) is 3.41. The molecule has 0 aliphatic heterocycles. The standard InChI is InChI=1S/C22H27NO3/c1-15-11-20(15)22(17-7-5-4-6-8-17)23-21(24)10-9-16-12-18(25-2)14-19(13-16)26-3/h4-8,12-15,20,22H,9-11H2,1-3H3,(H,23,24). The zero-order valence-electron chi connectivity index (χ0n) is 15.7. The van der Waals surface area contributed by atoms with Gasteiger partial charge in [0.15, 0.2) is 0 Å². The monoisotopic (exact) mass is 353 g/mol. The third kappa shape index (κ3) is 4.57. The van der Waals surface area contributed by atoms with Crippen LogP contribution in [0, 0.1) is 11.8 Å². The molecule has 4 nitrogen and oxygen atoms in total. The normalized spacial score (nSPS) is 19.5. The molecule has 0 heterocycles. The Bertz CT molecular complexity index is 722. The van der Waals surface area contributed by atoms with Gasteiger partial charge in [0.25, 0.3) is 0 Å². The van der Waals surface area contributed by atoms with Gasteiger partial charge in [0.05, 0.1) is 20.3 Å². The van der Waals surface area contributed by atoms with Gasteiger partial charge in [-0.15, -0.1) is 0 Å². The molecular weight excluding hydrogens is 326 g/mol. The number of carbonyl (C=O) groups is 1. The molecule has 0 radical (unpaired) electrons. The second-order valence-electron chi connectivity index (χ2n) is 7.05. The molecule has 2 aromatic rings. The molecule has 26 heavy (non-hydrogen) atoms. The van der Waals surface area contributed by atoms with Gasteiger partial charge >= 0.3 is 0 Å². The van der Waals surface area contributed by atoms with Gasteiger partial charge in [0.1, 0.15) is 11.5 Å². The van der Waals surface area contributed by atoms with Crippen LogP contribution in [-0.4, -0.2) is 20.1 Å². The highest BCUT2D eigenvalue weighted by Crippen LogP contribution is 2.46. The van der Waals surface area contributed by atoms with Crippen molar-refractivity contribution in [2.45, 2.75) is 32.2 Å². The molecule has 1 aliphatic rings. The highest BCUT2D eigenvalue weighted by atomic mass is 16.5. The Hall–Kier alpha value is -2.49. The lowest BCUT2D eigenvalue weighted by Gasteiger charge is -2.19. The first-order valence-electron chi connectivity index (χ1n) is 9.17. The summed E-state index contributed by atoms with van der Waals surface area (Å²) in [6.45, 7) is 2.25. The number of amides is 1. The minimum absolute atomic E-state index is 0.0831. The summed E-state index contributed by atoms with van der Waals surface area (Å²) in [5.74, 6) is 2.78. The molecule has 1 aliphatic carbocycles. The molecule has 1 N–H and O–H groups in total. The van der Waals surface area contributed by atoms with Crippen LogP contribution in [-0.2, 0) is 11.2 Å². The highest BCUT2D eigenvalue weighted by Gasteiger charge is 2.40. The van der Waals surface area contributed by atoms with E-state index < -0.39 is 0 Å². The van der Waals surface area contributed by atoms with Crippen LogP contribution in [0.4, 0.5) is 0 Å². The van der Waals surface area contributed by atoms with E-state index in [0.717, 1.165) is 17.1 Å². The Morgan fingerprint density at radius 2 is 1.73 bits per heavy atom. The Labute approximate surface area is 155 Å². The first-order chi connectivity index (χ1) is 12.6. The second-order valence-corrected chi connectivity index (χ2v) is 7.05. The fourth-order valence-electron chi connectivity index (χ4n) is 3.43. The number of benzene rings is 2. The first kappa shape index (κ1) is 18.3. The number of carbonyl (C=O) groups excluding carboxylic acids is 1. The summed E-state index contributed by atoms with van der Waals surface area (Å²) in [6.07, 6.45) is 2.27. The van der Waals surface area contributed by atoms with Gasteiger partial charge in [-0.1, -0.05) is 37.3 Å². The van der Waals surface area contributed by atoms with Crippen LogP contribution < -0.4 is 14.8 Å². The summed E-state index contributed by atoms with van der Waals surface area (Å²) in [7, 11) is 3.26. The van der Waals surface area contributed by atoms with E-state index in [-0.39, 0.29) is 11.9 Å². The maximum absolute atomic E-state index is 12.6. The maximum atomic E-state index is 12.6. The lowest BCUT2D eigenvalue weighted by Crippen LogP contribution is -2.30. The number of hydrogen-bond donors (Lipinski definition) is 1. The lowest BCUT2D eigenvalue weighted by atomic mass is 10.0. The molecule has 3 atom stereocenters. The van der Waals surface area contributed by atoms with Crippen molar-refractivity contribution in [1.29, 1.82) is 0 Å². The lowest BCUT2D eigenvalue weighted by molar-refractivity contribution is -0.122. The fourth-order valence-corrected chi connectivity index (χ4v) is 3.43. The summed E-state index contributed by atoms with van der Waals surface area (Å²) < 4.78 is 10.6. The van der Waals surface area contributed by atoms with Crippen molar-refractivity contribution in [3.63, 3.8) is 0 Å². The SMILES string of the molecule is COc1cc(CCC(=O)NC(c2ccccc2)C2CC2C)cc(OC)c1. The number of hydrogen-bond acceptors (Lipinski definition) is 3.